The molecule has 0 bridgehead atoms. The monoisotopic (exact) mass is 408 g/mol. The van der Waals surface area contributed by atoms with Gasteiger partial charge in [-0.1, -0.05) is 0 Å². The van der Waals surface area contributed by atoms with Crippen LogP contribution in [0.1, 0.15) is 5.69 Å². The maximum Gasteiger partial charge on any atom is 0.184 e. The van der Waals surface area contributed by atoms with E-state index < -0.39 is 0 Å². The fourth-order valence-corrected chi connectivity index (χ4v) is 3.26. The van der Waals surface area contributed by atoms with Gasteiger partial charge in [0.15, 0.2) is 22.8 Å². The number of anilines is 2. The van der Waals surface area contributed by atoms with Crippen molar-refractivity contribution in [2.24, 2.45) is 0 Å². The molecule has 0 saturated carbocycles. The van der Waals surface area contributed by atoms with Crippen molar-refractivity contribution in [1.82, 2.24) is 39.7 Å². The van der Waals surface area contributed by atoms with Gasteiger partial charge in [-0.2, -0.15) is 0 Å². The third-order valence-electron chi connectivity index (χ3n) is 5.07. The van der Waals surface area contributed by atoms with E-state index in [0.717, 1.165) is 50.8 Å². The summed E-state index contributed by atoms with van der Waals surface area (Å²) in [5.74, 6) is 2.04. The lowest BCUT2D eigenvalue weighted by Crippen LogP contribution is -2.44. The first-order valence-corrected chi connectivity index (χ1v) is 10.2. The highest BCUT2D eigenvalue weighted by atomic mass is 15.3. The van der Waals surface area contributed by atoms with E-state index in [9.17, 15) is 0 Å². The number of nitrogens with zero attached hydrogens (tertiary/aromatic N) is 9. The molecule has 0 radical (unpaired) electrons. The quantitative estimate of drug-likeness (QED) is 0.633. The van der Waals surface area contributed by atoms with E-state index in [-0.39, 0.29) is 0 Å². The summed E-state index contributed by atoms with van der Waals surface area (Å²) in [5.41, 5.74) is 2.64. The van der Waals surface area contributed by atoms with Crippen LogP contribution in [-0.4, -0.2) is 100 Å². The molecule has 0 amide bonds. The Morgan fingerprint density at radius 2 is 1.77 bits per heavy atom. The van der Waals surface area contributed by atoms with Crippen LogP contribution in [0.2, 0.25) is 0 Å². The summed E-state index contributed by atoms with van der Waals surface area (Å²) in [6, 6.07) is 0. The molecule has 0 atom stereocenters. The maximum absolute atomic E-state index is 4.68. The molecule has 0 aromatic carbocycles. The van der Waals surface area contributed by atoms with Crippen LogP contribution in [0.4, 0.5) is 11.6 Å². The van der Waals surface area contributed by atoms with Crippen molar-refractivity contribution >= 4 is 22.8 Å². The van der Waals surface area contributed by atoms with E-state index in [2.05, 4.69) is 57.0 Å². The number of likely N-dealkylation sites (N-methyl/N-ethyl adjacent to an activating group) is 2. The molecule has 1 aliphatic heterocycles. The molecule has 3 aromatic heterocycles. The van der Waals surface area contributed by atoms with Crippen LogP contribution in [0.3, 0.4) is 0 Å². The van der Waals surface area contributed by atoms with E-state index in [1.165, 1.54) is 0 Å². The highest BCUT2D eigenvalue weighted by Crippen LogP contribution is 2.22. The Hall–Kier alpha value is -2.98. The zero-order valence-corrected chi connectivity index (χ0v) is 18.0. The Morgan fingerprint density at radius 3 is 2.47 bits per heavy atom. The number of nitrogens with one attached hydrogen (secondary N) is 1. The predicted molar refractivity (Wildman–Crippen MR) is 118 cm³/mol. The van der Waals surface area contributed by atoms with Crippen LogP contribution >= 0.6 is 0 Å². The Morgan fingerprint density at radius 1 is 0.967 bits per heavy atom. The summed E-state index contributed by atoms with van der Waals surface area (Å²) in [6.45, 7) is 7.46. The fourth-order valence-electron chi connectivity index (χ4n) is 3.26. The van der Waals surface area contributed by atoms with Gasteiger partial charge in [0, 0.05) is 45.5 Å². The van der Waals surface area contributed by atoms with Crippen LogP contribution in [-0.2, 0) is 0 Å². The number of fused-ring (bicyclic) bond motifs is 1. The van der Waals surface area contributed by atoms with Crippen molar-refractivity contribution in [3.8, 4) is 11.5 Å². The van der Waals surface area contributed by atoms with Crippen molar-refractivity contribution in [3.05, 3.63) is 24.3 Å². The highest BCUT2D eigenvalue weighted by molar-refractivity contribution is 5.84. The normalized spacial score (nSPS) is 15.2. The van der Waals surface area contributed by atoms with Crippen molar-refractivity contribution in [3.63, 3.8) is 0 Å². The molecule has 1 saturated heterocycles. The van der Waals surface area contributed by atoms with Gasteiger partial charge in [-0.25, -0.2) is 29.9 Å². The summed E-state index contributed by atoms with van der Waals surface area (Å²) >= 11 is 0. The largest absolute Gasteiger partial charge is 0.367 e. The van der Waals surface area contributed by atoms with Crippen LogP contribution in [0.25, 0.3) is 22.7 Å². The number of piperazine rings is 1. The summed E-state index contributed by atoms with van der Waals surface area (Å²) in [5, 5.41) is 3.36. The van der Waals surface area contributed by atoms with Gasteiger partial charge in [-0.3, -0.25) is 0 Å². The molecule has 1 N–H and O–H groups in total. The minimum atomic E-state index is 0.493. The van der Waals surface area contributed by atoms with Crippen LogP contribution in [0.5, 0.6) is 0 Å². The molecular weight excluding hydrogens is 380 g/mol. The number of rotatable bonds is 6. The van der Waals surface area contributed by atoms with Gasteiger partial charge >= 0.3 is 0 Å². The van der Waals surface area contributed by atoms with E-state index in [0.29, 0.717) is 28.5 Å². The first kappa shape index (κ1) is 20.3. The van der Waals surface area contributed by atoms with Crippen molar-refractivity contribution in [2.75, 3.05) is 70.6 Å². The second-order valence-electron chi connectivity index (χ2n) is 7.86. The zero-order valence-electron chi connectivity index (χ0n) is 18.0. The number of aryl methyl sites for hydroxylation is 1. The van der Waals surface area contributed by atoms with Gasteiger partial charge in [0.25, 0.3) is 0 Å². The topological polar surface area (TPSA) is 99.1 Å². The lowest BCUT2D eigenvalue weighted by atomic mass is 10.3. The molecule has 10 nitrogen and oxygen atoms in total. The average Bonchev–Trinajstić information content (AvgIpc) is 2.73. The smallest absolute Gasteiger partial charge is 0.184 e. The first-order chi connectivity index (χ1) is 14.5. The van der Waals surface area contributed by atoms with E-state index in [1.54, 1.807) is 18.6 Å². The second kappa shape index (κ2) is 8.80. The van der Waals surface area contributed by atoms with Gasteiger partial charge in [0.2, 0.25) is 0 Å². The minimum absolute atomic E-state index is 0.493. The molecule has 0 spiro atoms. The Kier molecular flexibility index (Phi) is 5.96. The SMILES string of the molecule is Cc1cnc2c(NCCN(C)C)nc(-c3cnc(N4CCN(C)CC4)cn3)nc2n1. The molecule has 0 unspecified atom stereocenters. The van der Waals surface area contributed by atoms with Gasteiger partial charge < -0.3 is 20.0 Å². The average molecular weight is 409 g/mol. The molecular formula is C20H28N10. The molecule has 0 aliphatic carbocycles. The second-order valence-corrected chi connectivity index (χ2v) is 7.86. The molecule has 4 rings (SSSR count). The van der Waals surface area contributed by atoms with Crippen molar-refractivity contribution in [2.45, 2.75) is 6.92 Å². The summed E-state index contributed by atoms with van der Waals surface area (Å²) in [4.78, 5) is 34.2. The van der Waals surface area contributed by atoms with Crippen LogP contribution < -0.4 is 10.2 Å². The molecule has 1 fully saturated rings. The first-order valence-electron chi connectivity index (χ1n) is 10.2. The number of aromatic nitrogens is 6. The molecule has 1 aliphatic rings. The maximum atomic E-state index is 4.68. The third-order valence-corrected chi connectivity index (χ3v) is 5.07. The predicted octanol–water partition coefficient (Wildman–Crippen LogP) is 0.911. The third kappa shape index (κ3) is 4.60. The van der Waals surface area contributed by atoms with Gasteiger partial charge in [-0.15, -0.1) is 0 Å². The Bertz CT molecular complexity index is 996. The summed E-state index contributed by atoms with van der Waals surface area (Å²) < 4.78 is 0. The van der Waals surface area contributed by atoms with Gasteiger partial charge in [0.05, 0.1) is 18.1 Å². The van der Waals surface area contributed by atoms with E-state index >= 15 is 0 Å². The highest BCUT2D eigenvalue weighted by Gasteiger charge is 2.17. The lowest BCUT2D eigenvalue weighted by molar-refractivity contribution is 0.312. The molecule has 158 valence electrons. The molecule has 30 heavy (non-hydrogen) atoms. The molecule has 3 aromatic rings. The zero-order chi connectivity index (χ0) is 21.1. The number of hydrogen-bond acceptors (Lipinski definition) is 10. The lowest BCUT2D eigenvalue weighted by Gasteiger charge is -2.32. The van der Waals surface area contributed by atoms with Crippen molar-refractivity contribution < 1.29 is 0 Å². The van der Waals surface area contributed by atoms with Gasteiger partial charge in [-0.05, 0) is 28.1 Å². The Balaban J connectivity index is 1.62. The van der Waals surface area contributed by atoms with Crippen molar-refractivity contribution in [1.29, 1.82) is 0 Å². The van der Waals surface area contributed by atoms with Crippen LogP contribution in [0.15, 0.2) is 18.6 Å². The Labute approximate surface area is 176 Å². The minimum Gasteiger partial charge on any atom is -0.367 e. The van der Waals surface area contributed by atoms with Gasteiger partial charge in [0.1, 0.15) is 11.5 Å². The van der Waals surface area contributed by atoms with E-state index in [4.69, 9.17) is 0 Å². The standard InChI is InChI=1S/C20H28N10/c1-14-11-24-17-19(21-5-6-28(2)3)26-18(27-20(17)25-14)15-12-23-16(13-22-15)30-9-7-29(4)8-10-30/h11-13H,5-10H2,1-4H3,(H,21,25,26,27). The fraction of sp³-hybridized carbons (Fsp3) is 0.500. The summed E-state index contributed by atoms with van der Waals surface area (Å²) in [7, 11) is 6.20. The molecule has 10 heteroatoms. The van der Waals surface area contributed by atoms with E-state index in [1.807, 2.05) is 21.0 Å². The molecule has 4 heterocycles. The van der Waals surface area contributed by atoms with Crippen LogP contribution in [0, 0.1) is 6.92 Å². The number of hydrogen-bond donors (Lipinski definition) is 1. The summed E-state index contributed by atoms with van der Waals surface area (Å²) in [6.07, 6.45) is 5.27.